The van der Waals surface area contributed by atoms with E-state index >= 15 is 0 Å². The van der Waals surface area contributed by atoms with E-state index < -0.39 is 64.7 Å². The van der Waals surface area contributed by atoms with E-state index in [1.807, 2.05) is 26.8 Å². The summed E-state index contributed by atoms with van der Waals surface area (Å²) in [5, 5.41) is 59.2. The van der Waals surface area contributed by atoms with Crippen molar-refractivity contribution in [3.05, 3.63) is 11.6 Å². The van der Waals surface area contributed by atoms with Gasteiger partial charge in [-0.2, -0.15) is 0 Å². The van der Waals surface area contributed by atoms with Crippen LogP contribution >= 0.6 is 0 Å². The van der Waals surface area contributed by atoms with Gasteiger partial charge in [0.1, 0.15) is 18.3 Å². The Morgan fingerprint density at radius 3 is 2.00 bits per heavy atom. The van der Waals surface area contributed by atoms with Gasteiger partial charge >= 0.3 is 17.9 Å². The highest BCUT2D eigenvalue weighted by Crippen LogP contribution is 2.75. The number of rotatable bonds is 7. The molecule has 1 unspecified atom stereocenters. The number of carboxylic acid groups (broad SMARTS) is 2. The summed E-state index contributed by atoms with van der Waals surface area (Å²) in [6.07, 6.45) is -1.68. The number of carboxylic acids is 2. The van der Waals surface area contributed by atoms with Crippen LogP contribution < -0.4 is 0 Å². The topological polar surface area (TPSA) is 199 Å². The van der Waals surface area contributed by atoms with Crippen LogP contribution in [-0.4, -0.2) is 84.9 Å². The molecule has 5 rings (SSSR count). The van der Waals surface area contributed by atoms with E-state index in [1.54, 1.807) is 0 Å². The molecule has 5 aliphatic rings. The van der Waals surface area contributed by atoms with Crippen LogP contribution in [0.15, 0.2) is 11.6 Å². The molecule has 11 heteroatoms. The Labute approximate surface area is 276 Å². The van der Waals surface area contributed by atoms with E-state index in [2.05, 4.69) is 27.7 Å². The molecule has 0 radical (unpaired) electrons. The first kappa shape index (κ1) is 36.0. The van der Waals surface area contributed by atoms with E-state index in [4.69, 9.17) is 9.84 Å². The van der Waals surface area contributed by atoms with Gasteiger partial charge in [-0.15, -0.1) is 0 Å². The minimum Gasteiger partial charge on any atom is -0.481 e. The summed E-state index contributed by atoms with van der Waals surface area (Å²) in [5.74, 6) is -4.04. The molecule has 0 aromatic heterocycles. The van der Waals surface area contributed by atoms with Crippen molar-refractivity contribution in [1.82, 2.24) is 0 Å². The van der Waals surface area contributed by atoms with Crippen LogP contribution in [0.2, 0.25) is 0 Å². The summed E-state index contributed by atoms with van der Waals surface area (Å²) < 4.78 is 5.74. The third kappa shape index (κ3) is 5.12. The lowest BCUT2D eigenvalue weighted by Crippen LogP contribution is -2.67. The lowest BCUT2D eigenvalue weighted by molar-refractivity contribution is -0.217. The average Bonchev–Trinajstić information content (AvgIpc) is 2.98. The molecule has 4 fully saturated rings. The molecular formula is C36H54O11. The maximum atomic E-state index is 14.5. The number of carbonyl (C=O) groups excluding carboxylic acids is 2. The third-order valence-electron chi connectivity index (χ3n) is 14.8. The van der Waals surface area contributed by atoms with Gasteiger partial charge < -0.3 is 35.4 Å². The Bertz CT molecular complexity index is 1370. The number of aliphatic carboxylic acids is 2. The molecule has 11 nitrogen and oxygen atoms in total. The molecule has 0 saturated heterocycles. The van der Waals surface area contributed by atoms with Gasteiger partial charge in [-0.3, -0.25) is 9.59 Å². The maximum absolute atomic E-state index is 14.5. The van der Waals surface area contributed by atoms with Crippen LogP contribution in [0.25, 0.3) is 0 Å². The molecule has 0 aromatic carbocycles. The van der Waals surface area contributed by atoms with Crippen molar-refractivity contribution >= 4 is 23.7 Å². The average molecular weight is 663 g/mol. The van der Waals surface area contributed by atoms with Gasteiger partial charge in [-0.25, -0.2) is 9.59 Å². The molecular weight excluding hydrogens is 608 g/mol. The monoisotopic (exact) mass is 662 g/mol. The van der Waals surface area contributed by atoms with Crippen molar-refractivity contribution in [3.8, 4) is 0 Å². The second kappa shape index (κ2) is 11.4. The van der Waals surface area contributed by atoms with Crippen molar-refractivity contribution in [1.29, 1.82) is 0 Å². The smallest absolute Gasteiger partial charge is 0.338 e. The van der Waals surface area contributed by atoms with Gasteiger partial charge in [-0.1, -0.05) is 47.1 Å². The summed E-state index contributed by atoms with van der Waals surface area (Å²) in [4.78, 5) is 50.9. The van der Waals surface area contributed by atoms with Crippen molar-refractivity contribution in [2.24, 2.45) is 50.2 Å². The van der Waals surface area contributed by atoms with Gasteiger partial charge in [0, 0.05) is 11.3 Å². The summed E-state index contributed by atoms with van der Waals surface area (Å²) in [7, 11) is 0. The van der Waals surface area contributed by atoms with E-state index in [9.17, 15) is 44.7 Å². The van der Waals surface area contributed by atoms with E-state index in [-0.39, 0.29) is 39.8 Å². The number of esters is 1. The molecule has 4 saturated carbocycles. The predicted octanol–water partition coefficient (Wildman–Crippen LogP) is 3.49. The van der Waals surface area contributed by atoms with Gasteiger partial charge in [0.25, 0.3) is 0 Å². The standard InChI is InChI=1S/C36H54O11/c1-31(2)21-8-11-36(7)27(34(21,5)10-9-22(31)47-29(44)26(41)24(39)23(38)25(40)28(42)43)20(37)16-18-19-17-33(4,30(45)46)13-12-32(19,3)14-15-35(18,36)6/h16,19,21-27,38-41H,8-15,17H2,1-7H3,(H,42,43)(H,45,46)/t19-,21?,22+,23+,24+,25+,26-,27-,32-,33+,34+,35-,36-/m1/s1. The molecule has 264 valence electrons. The lowest BCUT2D eigenvalue weighted by Gasteiger charge is -2.70. The largest absolute Gasteiger partial charge is 0.481 e. The van der Waals surface area contributed by atoms with Gasteiger partial charge in [0.15, 0.2) is 18.0 Å². The lowest BCUT2D eigenvalue weighted by atomic mass is 9.33. The number of hydrogen-bond donors (Lipinski definition) is 6. The van der Waals surface area contributed by atoms with Crippen LogP contribution in [0.1, 0.15) is 106 Å². The van der Waals surface area contributed by atoms with Gasteiger partial charge in [0.05, 0.1) is 5.41 Å². The SMILES string of the molecule is CC1(C)C2CC[C@]3(C)[C@H](C(=O)C=C4[C@H]5C[C@@](C)(C(=O)O)CC[C@]5(C)CC[C@]43C)[C@@]2(C)CC[C@@H]1OC(=O)[C@H](O)[C@@H](O)[C@H](O)[C@H](O)C(=O)O. The number of allylic oxidation sites excluding steroid dienone is 2. The number of aliphatic hydroxyl groups is 4. The van der Waals surface area contributed by atoms with Crippen LogP contribution in [0.3, 0.4) is 0 Å². The fourth-order valence-electron chi connectivity index (χ4n) is 11.4. The Morgan fingerprint density at radius 2 is 1.40 bits per heavy atom. The zero-order valence-corrected chi connectivity index (χ0v) is 28.8. The second-order valence-corrected chi connectivity index (χ2v) is 17.6. The van der Waals surface area contributed by atoms with E-state index in [1.165, 1.54) is 0 Å². The molecule has 6 N–H and O–H groups in total. The van der Waals surface area contributed by atoms with Gasteiger partial charge in [-0.05, 0) is 104 Å². The summed E-state index contributed by atoms with van der Waals surface area (Å²) in [6.45, 7) is 14.8. The fraction of sp³-hybridized carbons (Fsp3) is 0.833. The highest BCUT2D eigenvalue weighted by molar-refractivity contribution is 5.95. The van der Waals surface area contributed by atoms with Gasteiger partial charge in [0.2, 0.25) is 0 Å². The van der Waals surface area contributed by atoms with Crippen LogP contribution in [-0.2, 0) is 23.9 Å². The normalized spacial score (nSPS) is 45.0. The number of ketones is 1. The van der Waals surface area contributed by atoms with Crippen molar-refractivity contribution in [3.63, 3.8) is 0 Å². The summed E-state index contributed by atoms with van der Waals surface area (Å²) in [5.41, 5.74) is -1.47. The first-order chi connectivity index (χ1) is 21.5. The zero-order chi connectivity index (χ0) is 35.3. The number of aliphatic hydroxyl groups excluding tert-OH is 4. The third-order valence-corrected chi connectivity index (χ3v) is 14.8. The van der Waals surface area contributed by atoms with E-state index in [0.29, 0.717) is 25.7 Å². The molecule has 13 atom stereocenters. The minimum absolute atomic E-state index is 0.0202. The van der Waals surface area contributed by atoms with Crippen molar-refractivity contribution in [2.45, 2.75) is 137 Å². The summed E-state index contributed by atoms with van der Waals surface area (Å²) in [6, 6.07) is 0. The molecule has 0 aromatic rings. The Morgan fingerprint density at radius 1 is 0.809 bits per heavy atom. The molecule has 0 amide bonds. The maximum Gasteiger partial charge on any atom is 0.338 e. The van der Waals surface area contributed by atoms with Crippen LogP contribution in [0.4, 0.5) is 0 Å². The molecule has 47 heavy (non-hydrogen) atoms. The highest BCUT2D eigenvalue weighted by atomic mass is 16.6. The number of carbonyl (C=O) groups is 4. The quantitative estimate of drug-likeness (QED) is 0.218. The predicted molar refractivity (Wildman–Crippen MR) is 169 cm³/mol. The molecule has 0 heterocycles. The Kier molecular flexibility index (Phi) is 8.68. The fourth-order valence-corrected chi connectivity index (χ4v) is 11.4. The Balaban J connectivity index is 1.42. The van der Waals surface area contributed by atoms with Crippen molar-refractivity contribution in [2.75, 3.05) is 0 Å². The molecule has 5 aliphatic carbocycles. The summed E-state index contributed by atoms with van der Waals surface area (Å²) >= 11 is 0. The minimum atomic E-state index is -2.40. The first-order valence-electron chi connectivity index (χ1n) is 17.2. The Hall–Kier alpha value is -2.34. The molecule has 0 spiro atoms. The highest BCUT2D eigenvalue weighted by Gasteiger charge is 2.70. The molecule has 0 aliphatic heterocycles. The van der Waals surface area contributed by atoms with Crippen molar-refractivity contribution < 1.29 is 54.6 Å². The zero-order valence-electron chi connectivity index (χ0n) is 28.8. The van der Waals surface area contributed by atoms with Crippen LogP contribution in [0, 0.1) is 50.2 Å². The molecule has 0 bridgehead atoms. The number of ether oxygens (including phenoxy) is 1. The first-order valence-corrected chi connectivity index (χ1v) is 17.2. The second-order valence-electron chi connectivity index (χ2n) is 17.6. The van der Waals surface area contributed by atoms with Crippen LogP contribution in [0.5, 0.6) is 0 Å². The van der Waals surface area contributed by atoms with E-state index in [0.717, 1.165) is 37.7 Å². The number of hydrogen-bond acceptors (Lipinski definition) is 9. The number of fused-ring (bicyclic) bond motifs is 7.